The van der Waals surface area contributed by atoms with Gasteiger partial charge in [-0.15, -0.1) is 11.3 Å². The summed E-state index contributed by atoms with van der Waals surface area (Å²) in [4.78, 5) is 9.69. The molecule has 0 amide bonds. The summed E-state index contributed by atoms with van der Waals surface area (Å²) in [6.07, 6.45) is 4.20. The lowest BCUT2D eigenvalue weighted by atomic mass is 10.1. The number of aromatic nitrogens is 2. The monoisotopic (exact) mass is 327 g/mol. The smallest absolute Gasteiger partial charge is 0.180 e. The molecule has 23 heavy (non-hydrogen) atoms. The van der Waals surface area contributed by atoms with Crippen molar-refractivity contribution >= 4 is 16.5 Å². The largest absolute Gasteiger partial charge is 0.493 e. The molecule has 5 nitrogen and oxygen atoms in total. The van der Waals surface area contributed by atoms with Gasteiger partial charge in [0, 0.05) is 34.8 Å². The fourth-order valence-corrected chi connectivity index (χ4v) is 3.36. The SMILES string of the molecule is COc1cccc(Cc2sc(N)nc2-c2cccnc2)c1OC. The van der Waals surface area contributed by atoms with Gasteiger partial charge in [-0.2, -0.15) is 0 Å². The molecule has 0 aliphatic heterocycles. The Labute approximate surface area is 138 Å². The predicted octanol–water partition coefficient (Wildman–Crippen LogP) is 3.40. The number of hydrogen-bond acceptors (Lipinski definition) is 6. The number of thiazole rings is 1. The molecule has 0 radical (unpaired) electrons. The van der Waals surface area contributed by atoms with E-state index < -0.39 is 0 Å². The molecule has 0 saturated heterocycles. The van der Waals surface area contributed by atoms with Gasteiger partial charge in [-0.3, -0.25) is 4.98 Å². The van der Waals surface area contributed by atoms with Crippen LogP contribution in [0.5, 0.6) is 11.5 Å². The Morgan fingerprint density at radius 2 is 2.00 bits per heavy atom. The van der Waals surface area contributed by atoms with Gasteiger partial charge in [0.1, 0.15) is 0 Å². The molecule has 3 aromatic rings. The third kappa shape index (κ3) is 3.12. The Morgan fingerprint density at radius 3 is 2.70 bits per heavy atom. The average molecular weight is 327 g/mol. The zero-order valence-electron chi connectivity index (χ0n) is 12.9. The molecule has 0 spiro atoms. The highest BCUT2D eigenvalue weighted by molar-refractivity contribution is 7.15. The highest BCUT2D eigenvalue weighted by Gasteiger charge is 2.16. The van der Waals surface area contributed by atoms with E-state index >= 15 is 0 Å². The van der Waals surface area contributed by atoms with Crippen LogP contribution in [0.15, 0.2) is 42.7 Å². The number of pyridine rings is 1. The van der Waals surface area contributed by atoms with Crippen LogP contribution in [-0.4, -0.2) is 24.2 Å². The number of nitrogens with two attached hydrogens (primary N) is 1. The van der Waals surface area contributed by atoms with Gasteiger partial charge < -0.3 is 15.2 Å². The Hall–Kier alpha value is -2.60. The second kappa shape index (κ2) is 6.66. The number of benzene rings is 1. The summed E-state index contributed by atoms with van der Waals surface area (Å²) in [7, 11) is 3.28. The van der Waals surface area contributed by atoms with Crippen LogP contribution in [0, 0.1) is 0 Å². The van der Waals surface area contributed by atoms with E-state index in [4.69, 9.17) is 15.2 Å². The molecule has 2 heterocycles. The van der Waals surface area contributed by atoms with E-state index in [1.165, 1.54) is 11.3 Å². The van der Waals surface area contributed by atoms with Gasteiger partial charge in [0.2, 0.25) is 0 Å². The van der Waals surface area contributed by atoms with Gasteiger partial charge in [-0.1, -0.05) is 12.1 Å². The maximum absolute atomic E-state index is 5.93. The minimum Gasteiger partial charge on any atom is -0.493 e. The van der Waals surface area contributed by atoms with Gasteiger partial charge in [0.25, 0.3) is 0 Å². The number of para-hydroxylation sites is 1. The third-order valence-electron chi connectivity index (χ3n) is 3.48. The van der Waals surface area contributed by atoms with E-state index in [1.807, 2.05) is 30.3 Å². The fraction of sp³-hybridized carbons (Fsp3) is 0.176. The second-order valence-electron chi connectivity index (χ2n) is 4.90. The first-order chi connectivity index (χ1) is 11.2. The first-order valence-electron chi connectivity index (χ1n) is 7.08. The third-order valence-corrected chi connectivity index (χ3v) is 4.37. The molecule has 0 aliphatic rings. The van der Waals surface area contributed by atoms with Crippen molar-refractivity contribution in [3.8, 4) is 22.8 Å². The normalized spacial score (nSPS) is 10.5. The van der Waals surface area contributed by atoms with Crippen LogP contribution in [0.25, 0.3) is 11.3 Å². The lowest BCUT2D eigenvalue weighted by molar-refractivity contribution is 0.352. The zero-order chi connectivity index (χ0) is 16.2. The lowest BCUT2D eigenvalue weighted by Crippen LogP contribution is -1.97. The molecule has 0 saturated carbocycles. The van der Waals surface area contributed by atoms with Gasteiger partial charge in [-0.05, 0) is 18.2 Å². The quantitative estimate of drug-likeness (QED) is 0.778. The number of ether oxygens (including phenoxy) is 2. The van der Waals surface area contributed by atoms with Gasteiger partial charge >= 0.3 is 0 Å². The van der Waals surface area contributed by atoms with Crippen molar-refractivity contribution in [2.45, 2.75) is 6.42 Å². The van der Waals surface area contributed by atoms with E-state index in [2.05, 4.69) is 9.97 Å². The van der Waals surface area contributed by atoms with Gasteiger partial charge in [-0.25, -0.2) is 4.98 Å². The average Bonchev–Trinajstić information content (AvgIpc) is 2.95. The molecule has 0 unspecified atom stereocenters. The van der Waals surface area contributed by atoms with Crippen molar-refractivity contribution < 1.29 is 9.47 Å². The molecule has 0 atom stereocenters. The van der Waals surface area contributed by atoms with Crippen LogP contribution in [0.4, 0.5) is 5.13 Å². The number of nitrogen functional groups attached to an aromatic ring is 1. The molecular formula is C17H17N3O2S. The standard InChI is InChI=1S/C17H17N3O2S/c1-21-13-7-3-5-11(16(13)22-2)9-14-15(20-17(18)23-14)12-6-4-8-19-10-12/h3-8,10H,9H2,1-2H3,(H2,18,20). The number of anilines is 1. The van der Waals surface area contributed by atoms with Gasteiger partial charge in [0.15, 0.2) is 16.6 Å². The van der Waals surface area contributed by atoms with E-state index in [0.717, 1.165) is 27.4 Å². The summed E-state index contributed by atoms with van der Waals surface area (Å²) < 4.78 is 10.9. The molecule has 1 aromatic carbocycles. The second-order valence-corrected chi connectivity index (χ2v) is 6.01. The van der Waals surface area contributed by atoms with E-state index in [1.54, 1.807) is 26.6 Å². The Morgan fingerprint density at radius 1 is 1.13 bits per heavy atom. The molecule has 0 bridgehead atoms. The molecule has 6 heteroatoms. The summed E-state index contributed by atoms with van der Waals surface area (Å²) in [6.45, 7) is 0. The molecule has 118 valence electrons. The van der Waals surface area contributed by atoms with Crippen LogP contribution in [-0.2, 0) is 6.42 Å². The van der Waals surface area contributed by atoms with E-state index in [9.17, 15) is 0 Å². The van der Waals surface area contributed by atoms with Crippen molar-refractivity contribution in [2.75, 3.05) is 20.0 Å². The van der Waals surface area contributed by atoms with Crippen molar-refractivity contribution in [3.63, 3.8) is 0 Å². The first kappa shape index (κ1) is 15.3. The molecule has 2 aromatic heterocycles. The van der Waals surface area contributed by atoms with Crippen molar-refractivity contribution in [1.82, 2.24) is 9.97 Å². The van der Waals surface area contributed by atoms with Crippen LogP contribution in [0.2, 0.25) is 0 Å². The first-order valence-corrected chi connectivity index (χ1v) is 7.90. The molecule has 0 aliphatic carbocycles. The zero-order valence-corrected chi connectivity index (χ0v) is 13.8. The Kier molecular flexibility index (Phi) is 4.43. The number of nitrogens with zero attached hydrogens (tertiary/aromatic N) is 2. The Bertz CT molecular complexity index is 803. The van der Waals surface area contributed by atoms with E-state index in [0.29, 0.717) is 17.3 Å². The summed E-state index contributed by atoms with van der Waals surface area (Å²) >= 11 is 1.48. The number of rotatable bonds is 5. The molecule has 2 N–H and O–H groups in total. The summed E-state index contributed by atoms with van der Waals surface area (Å²) in [5.74, 6) is 1.45. The lowest BCUT2D eigenvalue weighted by Gasteiger charge is -2.12. The van der Waals surface area contributed by atoms with Crippen molar-refractivity contribution in [2.24, 2.45) is 0 Å². The number of methoxy groups -OCH3 is 2. The van der Waals surface area contributed by atoms with Crippen molar-refractivity contribution in [1.29, 1.82) is 0 Å². The topological polar surface area (TPSA) is 70.3 Å². The predicted molar refractivity (Wildman–Crippen MR) is 92.1 cm³/mol. The molecule has 0 fully saturated rings. The summed E-state index contributed by atoms with van der Waals surface area (Å²) in [5, 5.41) is 0.542. The van der Waals surface area contributed by atoms with Gasteiger partial charge in [0.05, 0.1) is 19.9 Å². The summed E-state index contributed by atoms with van der Waals surface area (Å²) in [6, 6.07) is 9.72. The molecule has 3 rings (SSSR count). The number of hydrogen-bond donors (Lipinski definition) is 1. The molecular weight excluding hydrogens is 310 g/mol. The maximum Gasteiger partial charge on any atom is 0.180 e. The minimum absolute atomic E-state index is 0.542. The highest BCUT2D eigenvalue weighted by atomic mass is 32.1. The highest BCUT2D eigenvalue weighted by Crippen LogP contribution is 2.36. The minimum atomic E-state index is 0.542. The van der Waals surface area contributed by atoms with Crippen LogP contribution in [0.1, 0.15) is 10.4 Å². The van der Waals surface area contributed by atoms with Crippen LogP contribution < -0.4 is 15.2 Å². The van der Waals surface area contributed by atoms with E-state index in [-0.39, 0.29) is 0 Å². The fourth-order valence-electron chi connectivity index (χ4n) is 2.48. The maximum atomic E-state index is 5.93. The summed E-state index contributed by atoms with van der Waals surface area (Å²) in [5.41, 5.74) is 8.78. The van der Waals surface area contributed by atoms with Crippen molar-refractivity contribution in [3.05, 3.63) is 53.2 Å². The van der Waals surface area contributed by atoms with Crippen LogP contribution in [0.3, 0.4) is 0 Å². The van der Waals surface area contributed by atoms with Crippen LogP contribution >= 0.6 is 11.3 Å². The Balaban J connectivity index is 2.02.